The minimum Gasteiger partial charge on any atom is -0.352 e. The summed E-state index contributed by atoms with van der Waals surface area (Å²) in [5, 5.41) is 3.79. The van der Waals surface area contributed by atoms with Crippen LogP contribution in [0.3, 0.4) is 0 Å². The number of hydrogen-bond acceptors (Lipinski definition) is 5. The Morgan fingerprint density at radius 1 is 1.04 bits per heavy atom. The lowest BCUT2D eigenvalue weighted by Gasteiger charge is -2.20. The highest BCUT2D eigenvalue weighted by Gasteiger charge is 2.29. The molecule has 2 rings (SSSR count). The molecule has 1 heterocycles. The second-order valence-electron chi connectivity index (χ2n) is 5.78. The average Bonchev–Trinajstić information content (AvgIpc) is 2.46. The summed E-state index contributed by atoms with van der Waals surface area (Å²) in [6, 6.07) is 4.97. The van der Waals surface area contributed by atoms with Gasteiger partial charge in [-0.05, 0) is 32.0 Å². The third kappa shape index (κ3) is 5.48. The van der Waals surface area contributed by atoms with Crippen LogP contribution in [0.15, 0.2) is 18.2 Å². The minimum atomic E-state index is -1.80. The minimum absolute atomic E-state index is 0.0131. The maximum atomic E-state index is 6.04. The van der Waals surface area contributed by atoms with Crippen molar-refractivity contribution in [3.63, 3.8) is 0 Å². The summed E-state index contributed by atoms with van der Waals surface area (Å²) in [6.45, 7) is 4.13. The van der Waals surface area contributed by atoms with Crippen molar-refractivity contribution in [3.8, 4) is 11.4 Å². The molecule has 0 atom stereocenters. The summed E-state index contributed by atoms with van der Waals surface area (Å²) in [6.07, 6.45) is 0. The van der Waals surface area contributed by atoms with E-state index in [2.05, 4.69) is 20.3 Å². The van der Waals surface area contributed by atoms with Crippen LogP contribution in [-0.4, -0.2) is 27.0 Å². The summed E-state index contributed by atoms with van der Waals surface area (Å²) < 4.78 is -1.80. The van der Waals surface area contributed by atoms with Crippen molar-refractivity contribution in [2.24, 2.45) is 5.73 Å². The average molecular weight is 430 g/mol. The van der Waals surface area contributed by atoms with Gasteiger partial charge in [0.1, 0.15) is 0 Å². The molecule has 10 heteroatoms. The number of nitrogens with two attached hydrogens (primary N) is 1. The fourth-order valence-electron chi connectivity index (χ4n) is 1.65. The second kappa shape index (κ2) is 7.36. The maximum absolute atomic E-state index is 6.04. The van der Waals surface area contributed by atoms with Crippen LogP contribution in [0.4, 0.5) is 5.95 Å². The number of nitrogens with zero attached hydrogens (tertiary/aromatic N) is 3. The second-order valence-corrected chi connectivity index (χ2v) is 8.87. The van der Waals surface area contributed by atoms with E-state index in [0.717, 1.165) is 0 Å². The van der Waals surface area contributed by atoms with Crippen molar-refractivity contribution >= 4 is 64.0 Å². The van der Waals surface area contributed by atoms with Crippen LogP contribution in [0, 0.1) is 0 Å². The molecule has 2 aromatic rings. The van der Waals surface area contributed by atoms with Gasteiger partial charge >= 0.3 is 0 Å². The van der Waals surface area contributed by atoms with E-state index in [4.69, 9.17) is 63.7 Å². The van der Waals surface area contributed by atoms with E-state index in [1.54, 1.807) is 18.2 Å². The Morgan fingerprint density at radius 3 is 2.25 bits per heavy atom. The molecule has 0 aliphatic carbocycles. The summed E-state index contributed by atoms with van der Waals surface area (Å²) in [4.78, 5) is 12.7. The van der Waals surface area contributed by atoms with Crippen molar-refractivity contribution < 1.29 is 0 Å². The largest absolute Gasteiger partial charge is 0.352 e. The van der Waals surface area contributed by atoms with E-state index in [1.165, 1.54) is 0 Å². The fraction of sp³-hybridized carbons (Fsp3) is 0.357. The van der Waals surface area contributed by atoms with Crippen LogP contribution in [-0.2, 0) is 3.79 Å². The molecular weight excluding hydrogens is 415 g/mol. The van der Waals surface area contributed by atoms with Gasteiger partial charge in [0.05, 0.1) is 10.0 Å². The first-order valence-electron chi connectivity index (χ1n) is 6.77. The molecule has 0 unspecified atom stereocenters. The molecule has 5 nitrogen and oxygen atoms in total. The summed E-state index contributed by atoms with van der Waals surface area (Å²) >= 11 is 29.7. The summed E-state index contributed by atoms with van der Waals surface area (Å²) in [5.74, 6) is 0.522. The lowest BCUT2D eigenvalue weighted by molar-refractivity contribution is 0.547. The zero-order chi connectivity index (χ0) is 18.1. The van der Waals surface area contributed by atoms with E-state index in [-0.39, 0.29) is 11.8 Å². The molecule has 0 fully saturated rings. The zero-order valence-corrected chi connectivity index (χ0v) is 16.5. The van der Waals surface area contributed by atoms with E-state index >= 15 is 0 Å². The third-order valence-electron chi connectivity index (χ3n) is 2.77. The Labute approximate surface area is 164 Å². The van der Waals surface area contributed by atoms with Crippen LogP contribution < -0.4 is 11.1 Å². The Kier molecular flexibility index (Phi) is 6.06. The van der Waals surface area contributed by atoms with Gasteiger partial charge in [0.15, 0.2) is 11.6 Å². The van der Waals surface area contributed by atoms with Gasteiger partial charge < -0.3 is 11.1 Å². The highest BCUT2D eigenvalue weighted by Crippen LogP contribution is 2.37. The first kappa shape index (κ1) is 19.8. The molecule has 0 saturated heterocycles. The molecule has 0 saturated carbocycles. The first-order chi connectivity index (χ1) is 11.0. The number of aromatic nitrogens is 3. The van der Waals surface area contributed by atoms with Gasteiger partial charge in [0.2, 0.25) is 9.74 Å². The van der Waals surface area contributed by atoms with Gasteiger partial charge in [-0.2, -0.15) is 9.97 Å². The van der Waals surface area contributed by atoms with Crippen LogP contribution in [0.25, 0.3) is 11.4 Å². The molecular formula is C14H14Cl5N5. The molecule has 130 valence electrons. The van der Waals surface area contributed by atoms with Crippen LogP contribution in [0.5, 0.6) is 0 Å². The highest BCUT2D eigenvalue weighted by atomic mass is 35.6. The third-order valence-corrected chi connectivity index (χ3v) is 4.01. The Morgan fingerprint density at radius 2 is 1.71 bits per heavy atom. The van der Waals surface area contributed by atoms with Crippen molar-refractivity contribution in [1.82, 2.24) is 15.0 Å². The molecule has 0 amide bonds. The molecule has 0 spiro atoms. The topological polar surface area (TPSA) is 76.7 Å². The van der Waals surface area contributed by atoms with Crippen LogP contribution in [0.1, 0.15) is 19.7 Å². The molecule has 0 radical (unpaired) electrons. The summed E-state index contributed by atoms with van der Waals surface area (Å²) in [7, 11) is 0. The number of anilines is 1. The molecule has 24 heavy (non-hydrogen) atoms. The van der Waals surface area contributed by atoms with Crippen molar-refractivity contribution in [3.05, 3.63) is 34.1 Å². The fourth-order valence-corrected chi connectivity index (χ4v) is 2.20. The molecule has 0 aliphatic heterocycles. The predicted molar refractivity (Wildman–Crippen MR) is 101 cm³/mol. The van der Waals surface area contributed by atoms with E-state index in [0.29, 0.717) is 28.0 Å². The monoisotopic (exact) mass is 427 g/mol. The quantitative estimate of drug-likeness (QED) is 0.682. The summed E-state index contributed by atoms with van der Waals surface area (Å²) in [5.41, 5.74) is 6.08. The Balaban J connectivity index is 2.48. The van der Waals surface area contributed by atoms with Gasteiger partial charge in [-0.3, -0.25) is 0 Å². The van der Waals surface area contributed by atoms with Gasteiger partial charge in [0.25, 0.3) is 0 Å². The van der Waals surface area contributed by atoms with Crippen molar-refractivity contribution in [1.29, 1.82) is 0 Å². The number of rotatable bonds is 4. The van der Waals surface area contributed by atoms with E-state index in [1.807, 2.05) is 13.8 Å². The van der Waals surface area contributed by atoms with Crippen molar-refractivity contribution in [2.45, 2.75) is 23.2 Å². The number of alkyl halides is 3. The smallest absolute Gasteiger partial charge is 0.250 e. The van der Waals surface area contributed by atoms with Crippen molar-refractivity contribution in [2.75, 3.05) is 11.9 Å². The van der Waals surface area contributed by atoms with Gasteiger partial charge in [-0.25, -0.2) is 4.98 Å². The number of halogens is 5. The number of nitrogens with one attached hydrogen (secondary N) is 1. The Bertz CT molecular complexity index is 739. The zero-order valence-electron chi connectivity index (χ0n) is 12.7. The SMILES string of the molecule is CC(C)(N)CNc1nc(-c2ccc(Cl)c(Cl)c2)nc(C(Cl)(Cl)Cl)n1. The highest BCUT2D eigenvalue weighted by molar-refractivity contribution is 6.66. The standard InChI is InChI=1S/C14H14Cl5N5/c1-13(2,20)6-21-12-23-10(22-11(24-12)14(17,18)19)7-3-4-8(15)9(16)5-7/h3-5H,6,20H2,1-2H3,(H,21,22,23,24). The van der Waals surface area contributed by atoms with Gasteiger partial charge in [-0.1, -0.05) is 58.0 Å². The van der Waals surface area contributed by atoms with E-state index in [9.17, 15) is 0 Å². The Hall–Kier alpha value is -0.560. The lowest BCUT2D eigenvalue weighted by Crippen LogP contribution is -2.40. The molecule has 0 bridgehead atoms. The van der Waals surface area contributed by atoms with Crippen LogP contribution >= 0.6 is 58.0 Å². The van der Waals surface area contributed by atoms with E-state index < -0.39 is 9.33 Å². The molecule has 1 aromatic carbocycles. The van der Waals surface area contributed by atoms with Crippen LogP contribution in [0.2, 0.25) is 10.0 Å². The molecule has 1 aromatic heterocycles. The molecule has 3 N–H and O–H groups in total. The van der Waals surface area contributed by atoms with Gasteiger partial charge in [-0.15, -0.1) is 0 Å². The normalized spacial score (nSPS) is 12.3. The lowest BCUT2D eigenvalue weighted by atomic mass is 10.1. The first-order valence-corrected chi connectivity index (χ1v) is 8.66. The molecule has 0 aliphatic rings. The van der Waals surface area contributed by atoms with Gasteiger partial charge in [0, 0.05) is 17.6 Å². The number of hydrogen-bond donors (Lipinski definition) is 2. The number of benzene rings is 1. The maximum Gasteiger partial charge on any atom is 0.250 e. The predicted octanol–water partition coefficient (Wildman–Crippen LogP) is 4.82.